The molecule has 3 aromatic rings. The molecule has 3 rings (SSSR count). The molecule has 0 spiro atoms. The van der Waals surface area contributed by atoms with E-state index in [1.54, 1.807) is 30.5 Å². The molecule has 2 heterocycles. The average molecular weight is 371 g/mol. The van der Waals surface area contributed by atoms with E-state index in [1.807, 2.05) is 0 Å². The molecule has 0 atom stereocenters. The Kier molecular flexibility index (Phi) is 5.18. The van der Waals surface area contributed by atoms with Crippen LogP contribution in [0, 0.1) is 0 Å². The lowest BCUT2D eigenvalue weighted by Gasteiger charge is -2.05. The molecular weight excluding hydrogens is 354 g/mol. The predicted molar refractivity (Wildman–Crippen MR) is 96.0 cm³/mol. The largest absolute Gasteiger partial charge is 0.369 e. The third-order valence-electron chi connectivity index (χ3n) is 4.04. The van der Waals surface area contributed by atoms with Crippen LogP contribution in [0.15, 0.2) is 35.3 Å². The molecule has 140 valence electrons. The number of aromatic nitrogens is 3. The van der Waals surface area contributed by atoms with Gasteiger partial charge in [-0.15, -0.1) is 0 Å². The molecule has 27 heavy (non-hydrogen) atoms. The van der Waals surface area contributed by atoms with E-state index in [0.29, 0.717) is 29.4 Å². The zero-order valence-corrected chi connectivity index (χ0v) is 14.1. The van der Waals surface area contributed by atoms with Crippen LogP contribution >= 0.6 is 0 Å². The normalized spacial score (nSPS) is 10.7. The molecule has 2 aromatic heterocycles. The van der Waals surface area contributed by atoms with Crippen molar-refractivity contribution in [2.24, 2.45) is 0 Å². The van der Waals surface area contributed by atoms with Crippen LogP contribution in [0.5, 0.6) is 0 Å². The molecule has 0 unspecified atom stereocenters. The molecule has 10 heteroatoms. The second kappa shape index (κ2) is 7.70. The number of nitrogens with zero attached hydrogens (tertiary/aromatic N) is 1. The third-order valence-corrected chi connectivity index (χ3v) is 4.04. The van der Waals surface area contributed by atoms with Gasteiger partial charge in [-0.1, -0.05) is 12.1 Å². The summed E-state index contributed by atoms with van der Waals surface area (Å²) in [4.78, 5) is 47.7. The van der Waals surface area contributed by atoms with Gasteiger partial charge < -0.3 is 16.0 Å². The summed E-state index contributed by atoms with van der Waals surface area (Å²) in [5, 5.41) is 11.0. The number of H-pyrrole nitrogens is 2. The molecule has 0 aliphatic heterocycles. The maximum atomic E-state index is 12.1. The molecule has 6 N–H and O–H groups in total. The number of nitrogens with one attached hydrogen (secondary N) is 3. The molecule has 1 amide bonds. The molecule has 0 saturated carbocycles. The van der Waals surface area contributed by atoms with Crippen LogP contribution in [0.25, 0.3) is 11.0 Å². The zero-order valence-electron chi connectivity index (χ0n) is 14.1. The molecule has 10 nitrogen and oxygen atoms in total. The summed E-state index contributed by atoms with van der Waals surface area (Å²) in [5.41, 5.74) is 7.84. The highest BCUT2D eigenvalue weighted by Gasteiger charge is 2.11. The molecule has 0 aliphatic rings. The molecule has 1 aromatic carbocycles. The number of fused-ring (bicyclic) bond motifs is 1. The van der Waals surface area contributed by atoms with Gasteiger partial charge in [0, 0.05) is 11.8 Å². The van der Waals surface area contributed by atoms with E-state index >= 15 is 0 Å². The molecule has 0 radical (unpaired) electrons. The number of rotatable bonds is 6. The summed E-state index contributed by atoms with van der Waals surface area (Å²) in [6.45, 7) is -0.426. The minimum Gasteiger partial charge on any atom is -0.369 e. The molecule has 0 saturated heterocycles. The minimum absolute atomic E-state index is 0.0574. The number of carbonyl (C=O) groups is 2. The predicted octanol–water partition coefficient (Wildman–Crippen LogP) is 0.365. The Morgan fingerprint density at radius 1 is 1.22 bits per heavy atom. The van der Waals surface area contributed by atoms with Crippen molar-refractivity contribution in [1.29, 1.82) is 0 Å². The first-order valence-corrected chi connectivity index (χ1v) is 8.05. The number of nitrogens with two attached hydrogens (primary N) is 1. The van der Waals surface area contributed by atoms with Gasteiger partial charge in [0.1, 0.15) is 12.2 Å². The number of hydrogen-bond acceptors (Lipinski definition) is 7. The Morgan fingerprint density at radius 3 is 2.67 bits per heavy atom. The first-order valence-electron chi connectivity index (χ1n) is 8.05. The number of amides is 1. The number of hydrogen-bond donors (Lipinski definition) is 5. The van der Waals surface area contributed by atoms with Gasteiger partial charge in [0.25, 0.3) is 11.5 Å². The molecule has 0 aliphatic carbocycles. The fourth-order valence-electron chi connectivity index (χ4n) is 2.71. The minimum atomic E-state index is -0.954. The number of aryl methyl sites for hydroxylation is 2. The highest BCUT2D eigenvalue weighted by atomic mass is 17.1. The van der Waals surface area contributed by atoms with E-state index in [1.165, 1.54) is 0 Å². The number of benzene rings is 1. The lowest BCUT2D eigenvalue weighted by molar-refractivity contribution is -0.232. The van der Waals surface area contributed by atoms with E-state index in [-0.39, 0.29) is 11.5 Å². The van der Waals surface area contributed by atoms with Crippen LogP contribution in [0.3, 0.4) is 0 Å². The first-order chi connectivity index (χ1) is 13.0. The topological polar surface area (TPSA) is 163 Å². The fraction of sp³-hybridized carbons (Fsp3) is 0.176. The Morgan fingerprint density at radius 2 is 1.96 bits per heavy atom. The van der Waals surface area contributed by atoms with Crippen LogP contribution in [0.4, 0.5) is 5.95 Å². The summed E-state index contributed by atoms with van der Waals surface area (Å²) in [6.07, 6.45) is 2.98. The van der Waals surface area contributed by atoms with Gasteiger partial charge >= 0.3 is 5.97 Å². The maximum Gasteiger partial charge on any atom is 0.360 e. The highest BCUT2D eigenvalue weighted by molar-refractivity contribution is 5.95. The summed E-state index contributed by atoms with van der Waals surface area (Å²) < 4.78 is 0. The van der Waals surface area contributed by atoms with Gasteiger partial charge in [0.15, 0.2) is 0 Å². The van der Waals surface area contributed by atoms with E-state index in [0.717, 1.165) is 11.1 Å². The Balaban J connectivity index is 1.65. The Labute approximate surface area is 152 Å². The summed E-state index contributed by atoms with van der Waals surface area (Å²) in [6, 6.07) is 6.82. The lowest BCUT2D eigenvalue weighted by Crippen LogP contribution is -2.30. The molecular formula is C17H17N5O5. The monoisotopic (exact) mass is 371 g/mol. The number of anilines is 1. The van der Waals surface area contributed by atoms with Crippen molar-refractivity contribution >= 4 is 28.9 Å². The van der Waals surface area contributed by atoms with E-state index in [9.17, 15) is 14.4 Å². The van der Waals surface area contributed by atoms with Crippen molar-refractivity contribution in [2.45, 2.75) is 12.8 Å². The van der Waals surface area contributed by atoms with Crippen LogP contribution < -0.4 is 16.6 Å². The second-order valence-electron chi connectivity index (χ2n) is 5.83. The number of aromatic amines is 2. The van der Waals surface area contributed by atoms with Crippen molar-refractivity contribution < 1.29 is 19.7 Å². The second-order valence-corrected chi connectivity index (χ2v) is 5.83. The Hall–Kier alpha value is -3.66. The van der Waals surface area contributed by atoms with Crippen molar-refractivity contribution in [3.05, 3.63) is 57.5 Å². The quantitative estimate of drug-likeness (QED) is 0.308. The average Bonchev–Trinajstić information content (AvgIpc) is 3.07. The third kappa shape index (κ3) is 4.12. The van der Waals surface area contributed by atoms with Crippen molar-refractivity contribution in [1.82, 2.24) is 20.3 Å². The maximum absolute atomic E-state index is 12.1. The summed E-state index contributed by atoms with van der Waals surface area (Å²) in [7, 11) is 0. The zero-order chi connectivity index (χ0) is 19.4. The molecule has 0 fully saturated rings. The van der Waals surface area contributed by atoms with Crippen molar-refractivity contribution in [3.63, 3.8) is 0 Å². The fourth-order valence-corrected chi connectivity index (χ4v) is 2.71. The first kappa shape index (κ1) is 18.1. The van der Waals surface area contributed by atoms with Gasteiger partial charge in [-0.25, -0.2) is 4.79 Å². The van der Waals surface area contributed by atoms with Crippen molar-refractivity contribution in [3.8, 4) is 0 Å². The lowest BCUT2D eigenvalue weighted by atomic mass is 10.0. The van der Waals surface area contributed by atoms with Crippen LogP contribution in [0.2, 0.25) is 0 Å². The number of nitrogen functional groups attached to an aromatic ring is 1. The van der Waals surface area contributed by atoms with Crippen molar-refractivity contribution in [2.75, 3.05) is 12.3 Å². The number of carbonyl (C=O) groups excluding carboxylic acids is 2. The van der Waals surface area contributed by atoms with Gasteiger partial charge in [-0.3, -0.25) is 19.5 Å². The van der Waals surface area contributed by atoms with Crippen LogP contribution in [0.1, 0.15) is 21.5 Å². The highest BCUT2D eigenvalue weighted by Crippen LogP contribution is 2.16. The van der Waals surface area contributed by atoms with Crippen LogP contribution in [-0.2, 0) is 22.5 Å². The SMILES string of the molecule is Nc1nc2[nH]cc(CCc3ccc(C(=O)NCC(=O)OO)cc3)c2c(=O)[nH]1. The van der Waals surface area contributed by atoms with E-state index in [4.69, 9.17) is 11.0 Å². The molecule has 0 bridgehead atoms. The van der Waals surface area contributed by atoms with E-state index < -0.39 is 18.4 Å². The summed E-state index contributed by atoms with van der Waals surface area (Å²) >= 11 is 0. The smallest absolute Gasteiger partial charge is 0.360 e. The van der Waals surface area contributed by atoms with Gasteiger partial charge in [0.05, 0.1) is 5.39 Å². The standard InChI is InChI=1S/C17H17N5O5/c18-17-21-14-13(16(25)22-17)11(7-19-14)6-3-9-1-4-10(5-2-9)15(24)20-8-12(23)27-26/h1-2,4-5,7,26H,3,6,8H2,(H,20,24)(H4,18,19,21,22,25). The summed E-state index contributed by atoms with van der Waals surface area (Å²) in [5.74, 6) is -1.36. The van der Waals surface area contributed by atoms with Gasteiger partial charge in [-0.2, -0.15) is 10.2 Å². The Bertz CT molecular complexity index is 1040. The van der Waals surface area contributed by atoms with Gasteiger partial charge in [0.2, 0.25) is 5.95 Å². The van der Waals surface area contributed by atoms with Gasteiger partial charge in [-0.05, 0) is 36.1 Å². The van der Waals surface area contributed by atoms with E-state index in [2.05, 4.69) is 25.2 Å². The van der Waals surface area contributed by atoms with Crippen LogP contribution in [-0.4, -0.2) is 38.6 Å².